The Kier molecular flexibility index (Phi) is 10.1. The van der Waals surface area contributed by atoms with Gasteiger partial charge in [0.2, 0.25) is 11.8 Å². The van der Waals surface area contributed by atoms with E-state index in [0.717, 1.165) is 50.6 Å². The predicted octanol–water partition coefficient (Wildman–Crippen LogP) is 4.60. The van der Waals surface area contributed by atoms with Crippen LogP contribution in [0.5, 0.6) is 11.5 Å². The number of rotatable bonds is 7. The molecule has 2 aliphatic heterocycles. The quantitative estimate of drug-likeness (QED) is 0.294. The minimum atomic E-state index is -1.44. The third-order valence-electron chi connectivity index (χ3n) is 10.7. The lowest BCUT2D eigenvalue weighted by Gasteiger charge is -2.29. The summed E-state index contributed by atoms with van der Waals surface area (Å²) >= 11 is 0. The van der Waals surface area contributed by atoms with Gasteiger partial charge in [-0.15, -0.1) is 0 Å². The fourth-order valence-electron chi connectivity index (χ4n) is 7.71. The lowest BCUT2D eigenvalue weighted by molar-refractivity contribution is -0.145. The number of amides is 3. The van der Waals surface area contributed by atoms with E-state index >= 15 is 0 Å². The molecule has 4 aliphatic rings. The summed E-state index contributed by atoms with van der Waals surface area (Å²) in [5.74, 6) is -0.876. The van der Waals surface area contributed by atoms with Crippen LogP contribution < -0.4 is 20.1 Å². The summed E-state index contributed by atoms with van der Waals surface area (Å²) in [6.45, 7) is 1.91. The van der Waals surface area contributed by atoms with Crippen LogP contribution in [0.25, 0.3) is 16.7 Å². The molecule has 1 aromatic carbocycles. The number of nitrogens with zero attached hydrogens (tertiary/aromatic N) is 4. The van der Waals surface area contributed by atoms with Crippen LogP contribution in [0.1, 0.15) is 76.3 Å². The number of carbonyl (C=O) groups excluding carboxylic acids is 3. The van der Waals surface area contributed by atoms with E-state index in [1.54, 1.807) is 36.2 Å². The second-order valence-corrected chi connectivity index (χ2v) is 14.4. The van der Waals surface area contributed by atoms with E-state index in [1.807, 2.05) is 31.2 Å². The molecule has 7 rings (SSSR count). The third-order valence-corrected chi connectivity index (χ3v) is 10.7. The highest BCUT2D eigenvalue weighted by molar-refractivity contribution is 5.96. The summed E-state index contributed by atoms with van der Waals surface area (Å²) in [6, 6.07) is 7.09. The molecule has 276 valence electrons. The van der Waals surface area contributed by atoms with Gasteiger partial charge in [-0.1, -0.05) is 25.0 Å². The third kappa shape index (κ3) is 7.42. The first-order chi connectivity index (χ1) is 25.1. The maximum absolute atomic E-state index is 14.5. The largest absolute Gasteiger partial charge is 0.497 e. The van der Waals surface area contributed by atoms with E-state index in [2.05, 4.69) is 15.7 Å². The average Bonchev–Trinajstić information content (AvgIpc) is 3.54. The first-order valence-electron chi connectivity index (χ1n) is 18.3. The number of allylic oxidation sites excluding steroid dienone is 1. The van der Waals surface area contributed by atoms with E-state index in [0.29, 0.717) is 41.1 Å². The molecule has 3 amide bonds. The van der Waals surface area contributed by atoms with Crippen LogP contribution in [0.15, 0.2) is 48.7 Å². The van der Waals surface area contributed by atoms with Crippen LogP contribution >= 0.6 is 0 Å². The van der Waals surface area contributed by atoms with Gasteiger partial charge >= 0.3 is 12.1 Å². The smallest absolute Gasteiger partial charge is 0.408 e. The van der Waals surface area contributed by atoms with Crippen LogP contribution in [-0.2, 0) is 19.1 Å². The SMILES string of the molecule is COc1ccc2c(O[C@@H]3C[C@H]4C(=O)N[C@]5(C(=O)O)C[C@H]5/C=C\CCCCC[C@H](NC(=O)OC5CCCC5)C(=O)N4C3)cc(-n3ccc(C)n3)nc2c1. The van der Waals surface area contributed by atoms with Gasteiger partial charge in [-0.3, -0.25) is 9.59 Å². The molecule has 3 fully saturated rings. The van der Waals surface area contributed by atoms with E-state index in [4.69, 9.17) is 19.2 Å². The predicted molar refractivity (Wildman–Crippen MR) is 189 cm³/mol. The Morgan fingerprint density at radius 1 is 1.04 bits per heavy atom. The molecule has 0 radical (unpaired) electrons. The molecule has 2 saturated carbocycles. The van der Waals surface area contributed by atoms with Crippen molar-refractivity contribution in [1.29, 1.82) is 0 Å². The van der Waals surface area contributed by atoms with Crippen LogP contribution in [0, 0.1) is 12.8 Å². The topological polar surface area (TPSA) is 174 Å². The standard InChI is InChI=1S/C38H46N6O8/c1-23-16-17-44(42-23)33-20-32(28-15-14-26(50-2)18-30(28)39-33)51-27-19-31-34(45)41-38(36(47)48)21-24(38)10-6-4-3-5-7-13-29(35(46)43(31)22-27)40-37(49)52-25-11-8-9-12-25/h6,10,14-18,20,24-25,27,29,31H,3-5,7-9,11-13,19,21-22H2,1-2H3,(H,40,49)(H,41,45)(H,47,48)/b10-6-/t24-,27-,29+,31+,38-/m1/s1. The zero-order valence-electron chi connectivity index (χ0n) is 29.6. The monoisotopic (exact) mass is 714 g/mol. The molecular formula is C38H46N6O8. The Hall–Kier alpha value is -5.14. The van der Waals surface area contributed by atoms with Crippen molar-refractivity contribution >= 4 is 34.8 Å². The van der Waals surface area contributed by atoms with Crippen molar-refractivity contribution in [3.05, 3.63) is 54.4 Å². The number of alkyl carbamates (subject to hydrolysis) is 1. The van der Waals surface area contributed by atoms with Crippen molar-refractivity contribution < 1.29 is 38.5 Å². The number of hydrogen-bond acceptors (Lipinski definition) is 9. The van der Waals surface area contributed by atoms with Crippen molar-refractivity contribution in [2.75, 3.05) is 13.7 Å². The maximum atomic E-state index is 14.5. The number of hydrogen-bond donors (Lipinski definition) is 3. The van der Waals surface area contributed by atoms with E-state index in [1.165, 1.54) is 4.90 Å². The zero-order chi connectivity index (χ0) is 36.4. The Labute approximate surface area is 301 Å². The number of benzene rings is 1. The van der Waals surface area contributed by atoms with Gasteiger partial charge in [-0.25, -0.2) is 19.3 Å². The molecule has 2 aromatic heterocycles. The number of methoxy groups -OCH3 is 1. The molecule has 5 atom stereocenters. The highest BCUT2D eigenvalue weighted by Crippen LogP contribution is 2.45. The molecule has 52 heavy (non-hydrogen) atoms. The minimum absolute atomic E-state index is 0.0341. The highest BCUT2D eigenvalue weighted by Gasteiger charge is 2.61. The lowest BCUT2D eigenvalue weighted by Crippen LogP contribution is -2.56. The molecule has 0 bridgehead atoms. The van der Waals surface area contributed by atoms with Gasteiger partial charge in [0.05, 0.1) is 24.9 Å². The molecule has 4 heterocycles. The second kappa shape index (κ2) is 14.8. The number of carboxylic acid groups (broad SMARTS) is 1. The number of carboxylic acids is 1. The molecule has 3 N–H and O–H groups in total. The normalized spacial score (nSPS) is 27.5. The van der Waals surface area contributed by atoms with Gasteiger partial charge in [-0.2, -0.15) is 5.10 Å². The minimum Gasteiger partial charge on any atom is -0.497 e. The summed E-state index contributed by atoms with van der Waals surface area (Å²) in [6.07, 6.45) is 11.5. The Morgan fingerprint density at radius 3 is 2.60 bits per heavy atom. The second-order valence-electron chi connectivity index (χ2n) is 14.4. The molecule has 14 nitrogen and oxygen atoms in total. The van der Waals surface area contributed by atoms with Gasteiger partial charge in [-0.05, 0) is 76.5 Å². The number of pyridine rings is 1. The first-order valence-corrected chi connectivity index (χ1v) is 18.3. The number of ether oxygens (including phenoxy) is 3. The number of carbonyl (C=O) groups is 4. The van der Waals surface area contributed by atoms with Crippen LogP contribution in [0.4, 0.5) is 4.79 Å². The number of nitrogens with one attached hydrogen (secondary N) is 2. The van der Waals surface area contributed by atoms with Crippen LogP contribution in [-0.4, -0.2) is 92.1 Å². The fraction of sp³-hybridized carbons (Fsp3) is 0.526. The van der Waals surface area contributed by atoms with Crippen molar-refractivity contribution in [2.24, 2.45) is 5.92 Å². The number of aliphatic carboxylic acids is 1. The zero-order valence-corrected chi connectivity index (χ0v) is 29.6. The Balaban J connectivity index is 1.20. The maximum Gasteiger partial charge on any atom is 0.408 e. The van der Waals surface area contributed by atoms with Crippen molar-refractivity contribution in [2.45, 2.75) is 107 Å². The van der Waals surface area contributed by atoms with Crippen molar-refractivity contribution in [3.63, 3.8) is 0 Å². The van der Waals surface area contributed by atoms with Gasteiger partial charge in [0, 0.05) is 36.1 Å². The first kappa shape index (κ1) is 35.3. The summed E-state index contributed by atoms with van der Waals surface area (Å²) in [5.41, 5.74) is -0.0352. The summed E-state index contributed by atoms with van der Waals surface area (Å²) in [5, 5.41) is 21.1. The van der Waals surface area contributed by atoms with Gasteiger partial charge < -0.3 is 34.9 Å². The van der Waals surface area contributed by atoms with E-state index in [9.17, 15) is 24.3 Å². The summed E-state index contributed by atoms with van der Waals surface area (Å²) in [7, 11) is 1.58. The molecule has 1 saturated heterocycles. The Bertz CT molecular complexity index is 1870. The van der Waals surface area contributed by atoms with Crippen molar-refractivity contribution in [3.8, 4) is 17.3 Å². The Morgan fingerprint density at radius 2 is 1.85 bits per heavy atom. The number of aryl methyl sites for hydroxylation is 1. The molecule has 0 unspecified atom stereocenters. The van der Waals surface area contributed by atoms with Gasteiger partial charge in [0.25, 0.3) is 0 Å². The highest BCUT2D eigenvalue weighted by atomic mass is 16.6. The lowest BCUT2D eigenvalue weighted by atomic mass is 10.0. The van der Waals surface area contributed by atoms with Gasteiger partial charge in [0.1, 0.15) is 41.3 Å². The summed E-state index contributed by atoms with van der Waals surface area (Å²) < 4.78 is 19.4. The van der Waals surface area contributed by atoms with E-state index in [-0.39, 0.29) is 31.4 Å². The molecule has 3 aromatic rings. The summed E-state index contributed by atoms with van der Waals surface area (Å²) in [4.78, 5) is 60.4. The van der Waals surface area contributed by atoms with Crippen LogP contribution in [0.2, 0.25) is 0 Å². The van der Waals surface area contributed by atoms with E-state index < -0.39 is 47.6 Å². The molecule has 0 spiro atoms. The molecular weight excluding hydrogens is 668 g/mol. The average molecular weight is 715 g/mol. The van der Waals surface area contributed by atoms with Gasteiger partial charge in [0.15, 0.2) is 5.82 Å². The molecule has 2 aliphatic carbocycles. The number of fused-ring (bicyclic) bond motifs is 3. The fourth-order valence-corrected chi connectivity index (χ4v) is 7.71. The number of aromatic nitrogens is 3. The van der Waals surface area contributed by atoms with Crippen molar-refractivity contribution in [1.82, 2.24) is 30.3 Å². The van der Waals surface area contributed by atoms with Crippen LogP contribution in [0.3, 0.4) is 0 Å². The molecule has 14 heteroatoms.